The van der Waals surface area contributed by atoms with Gasteiger partial charge in [-0.2, -0.15) is 0 Å². The van der Waals surface area contributed by atoms with Crippen molar-refractivity contribution in [3.05, 3.63) is 80.5 Å². The summed E-state index contributed by atoms with van der Waals surface area (Å²) in [5.41, 5.74) is 2.78. The van der Waals surface area contributed by atoms with Gasteiger partial charge in [0, 0.05) is 12.6 Å². The molecule has 0 spiro atoms. The Kier molecular flexibility index (Phi) is 4.66. The maximum Gasteiger partial charge on any atom is 0.329 e. The van der Waals surface area contributed by atoms with E-state index in [0.717, 1.165) is 22.4 Å². The number of fused-ring (bicyclic) bond motifs is 3. The molecule has 5 rings (SSSR count). The highest BCUT2D eigenvalue weighted by atomic mass is 16.5. The van der Waals surface area contributed by atoms with Gasteiger partial charge in [-0.3, -0.25) is 18.9 Å². The quantitative estimate of drug-likeness (QED) is 0.462. The number of imidazole rings is 1. The number of nitrogens with zero attached hydrogens (tertiary/aromatic N) is 5. The van der Waals surface area contributed by atoms with E-state index in [0.29, 0.717) is 35.9 Å². The number of hydrogen-bond donors (Lipinski definition) is 1. The molecule has 0 saturated carbocycles. The molecule has 0 bridgehead atoms. The Labute approximate surface area is 182 Å². The first kappa shape index (κ1) is 19.8. The number of aromatic nitrogens is 6. The minimum Gasteiger partial charge on any atom is -0.494 e. The number of rotatable bonds is 5. The van der Waals surface area contributed by atoms with Gasteiger partial charge in [-0.1, -0.05) is 29.8 Å². The van der Waals surface area contributed by atoms with E-state index in [4.69, 9.17) is 4.74 Å². The van der Waals surface area contributed by atoms with E-state index in [1.165, 1.54) is 4.57 Å². The Morgan fingerprint density at radius 2 is 1.84 bits per heavy atom. The van der Waals surface area contributed by atoms with Crippen LogP contribution in [-0.4, -0.2) is 35.3 Å². The first-order chi connectivity index (χ1) is 15.5. The number of nitrogens with one attached hydrogen (secondary N) is 1. The molecular formula is C23H22N6O3. The van der Waals surface area contributed by atoms with Crippen LogP contribution in [0.15, 0.2) is 58.1 Å². The molecule has 0 unspecified atom stereocenters. The van der Waals surface area contributed by atoms with Gasteiger partial charge in [0.1, 0.15) is 5.75 Å². The molecule has 1 N–H and O–H groups in total. The summed E-state index contributed by atoms with van der Waals surface area (Å²) in [5, 5.41) is 8.79. The van der Waals surface area contributed by atoms with E-state index < -0.39 is 11.2 Å². The standard InChI is InChI=1S/C23H22N6O3/c1-4-32-17-10-8-16(9-11-17)19-25-26-22-28(13-15-7-5-6-14(2)12-15)18-20(30)24-23(31)27(3)21(18)29(19)22/h5-12H,4,13H2,1-3H3,(H,24,30,31). The summed E-state index contributed by atoms with van der Waals surface area (Å²) >= 11 is 0. The van der Waals surface area contributed by atoms with Crippen LogP contribution in [0.2, 0.25) is 0 Å². The molecule has 0 saturated heterocycles. The number of hydrogen-bond acceptors (Lipinski definition) is 5. The highest BCUT2D eigenvalue weighted by Crippen LogP contribution is 2.26. The molecule has 0 amide bonds. The molecule has 0 aliphatic rings. The van der Waals surface area contributed by atoms with Crippen molar-refractivity contribution < 1.29 is 4.74 Å². The zero-order chi connectivity index (χ0) is 22.4. The summed E-state index contributed by atoms with van der Waals surface area (Å²) in [6.07, 6.45) is 0. The minimum absolute atomic E-state index is 0.366. The van der Waals surface area contributed by atoms with E-state index in [2.05, 4.69) is 21.2 Å². The summed E-state index contributed by atoms with van der Waals surface area (Å²) in [5.74, 6) is 1.77. The smallest absolute Gasteiger partial charge is 0.329 e. The number of aryl methyl sites for hydroxylation is 2. The average Bonchev–Trinajstić information content (AvgIpc) is 3.32. The Hall–Kier alpha value is -4.14. The van der Waals surface area contributed by atoms with E-state index in [9.17, 15) is 9.59 Å². The van der Waals surface area contributed by atoms with Crippen molar-refractivity contribution in [3.63, 3.8) is 0 Å². The third-order valence-corrected chi connectivity index (χ3v) is 5.49. The molecule has 3 heterocycles. The van der Waals surface area contributed by atoms with Gasteiger partial charge in [-0.15, -0.1) is 10.2 Å². The van der Waals surface area contributed by atoms with Crippen LogP contribution in [0, 0.1) is 6.92 Å². The normalized spacial score (nSPS) is 11.5. The highest BCUT2D eigenvalue weighted by Gasteiger charge is 2.23. The third kappa shape index (κ3) is 3.09. The number of benzene rings is 2. The van der Waals surface area contributed by atoms with Crippen LogP contribution in [0.3, 0.4) is 0 Å². The van der Waals surface area contributed by atoms with Crippen molar-refractivity contribution in [3.8, 4) is 17.1 Å². The summed E-state index contributed by atoms with van der Waals surface area (Å²) in [6, 6.07) is 15.5. The first-order valence-electron chi connectivity index (χ1n) is 10.3. The van der Waals surface area contributed by atoms with Crippen molar-refractivity contribution >= 4 is 16.9 Å². The van der Waals surface area contributed by atoms with Gasteiger partial charge in [0.15, 0.2) is 17.0 Å². The summed E-state index contributed by atoms with van der Waals surface area (Å²) in [4.78, 5) is 27.7. The maximum atomic E-state index is 12.9. The van der Waals surface area contributed by atoms with Crippen LogP contribution in [0.1, 0.15) is 18.1 Å². The number of ether oxygens (including phenoxy) is 1. The molecule has 9 nitrogen and oxygen atoms in total. The SMILES string of the molecule is CCOc1ccc(-c2nnc3n(Cc4cccc(C)c4)c4c(=O)[nH]c(=O)n(C)c4n23)cc1. The molecule has 2 aromatic carbocycles. The monoisotopic (exact) mass is 430 g/mol. The lowest BCUT2D eigenvalue weighted by atomic mass is 10.1. The second-order valence-corrected chi connectivity index (χ2v) is 7.68. The van der Waals surface area contributed by atoms with Gasteiger partial charge in [0.25, 0.3) is 5.56 Å². The molecule has 0 aliphatic carbocycles. The van der Waals surface area contributed by atoms with Gasteiger partial charge >= 0.3 is 5.69 Å². The van der Waals surface area contributed by atoms with Crippen molar-refractivity contribution in [2.45, 2.75) is 20.4 Å². The van der Waals surface area contributed by atoms with Crippen molar-refractivity contribution in [2.75, 3.05) is 6.61 Å². The number of aromatic amines is 1. The van der Waals surface area contributed by atoms with E-state index >= 15 is 0 Å². The van der Waals surface area contributed by atoms with Crippen LogP contribution in [-0.2, 0) is 13.6 Å². The Bertz CT molecular complexity index is 1570. The molecule has 162 valence electrons. The van der Waals surface area contributed by atoms with Gasteiger partial charge in [0.2, 0.25) is 5.78 Å². The fraction of sp³-hybridized carbons (Fsp3) is 0.217. The molecule has 0 radical (unpaired) electrons. The fourth-order valence-electron chi connectivity index (χ4n) is 4.04. The second kappa shape index (κ2) is 7.52. The lowest BCUT2D eigenvalue weighted by Crippen LogP contribution is -2.29. The molecule has 5 aromatic rings. The fourth-order valence-corrected chi connectivity index (χ4v) is 4.04. The molecule has 0 aliphatic heterocycles. The van der Waals surface area contributed by atoms with Crippen LogP contribution < -0.4 is 16.0 Å². The molecule has 3 aromatic heterocycles. The van der Waals surface area contributed by atoms with E-state index in [-0.39, 0.29) is 0 Å². The maximum absolute atomic E-state index is 12.9. The van der Waals surface area contributed by atoms with E-state index in [1.54, 1.807) is 16.0 Å². The second-order valence-electron chi connectivity index (χ2n) is 7.68. The number of H-pyrrole nitrogens is 1. The predicted molar refractivity (Wildman–Crippen MR) is 121 cm³/mol. The lowest BCUT2D eigenvalue weighted by Gasteiger charge is -2.06. The van der Waals surface area contributed by atoms with Gasteiger partial charge in [-0.05, 0) is 43.7 Å². The molecule has 32 heavy (non-hydrogen) atoms. The topological polar surface area (TPSA) is 99.2 Å². The van der Waals surface area contributed by atoms with Crippen LogP contribution in [0.25, 0.3) is 28.3 Å². The van der Waals surface area contributed by atoms with Gasteiger partial charge in [0.05, 0.1) is 13.2 Å². The zero-order valence-corrected chi connectivity index (χ0v) is 18.0. The Morgan fingerprint density at radius 1 is 1.06 bits per heavy atom. The molecular weight excluding hydrogens is 408 g/mol. The van der Waals surface area contributed by atoms with Crippen molar-refractivity contribution in [1.29, 1.82) is 0 Å². The third-order valence-electron chi connectivity index (χ3n) is 5.49. The molecule has 0 atom stereocenters. The highest BCUT2D eigenvalue weighted by molar-refractivity contribution is 5.80. The average molecular weight is 430 g/mol. The van der Waals surface area contributed by atoms with Gasteiger partial charge < -0.3 is 4.74 Å². The minimum atomic E-state index is -0.497. The summed E-state index contributed by atoms with van der Waals surface area (Å²) in [7, 11) is 1.62. The lowest BCUT2D eigenvalue weighted by molar-refractivity contribution is 0.340. The van der Waals surface area contributed by atoms with Crippen LogP contribution >= 0.6 is 0 Å². The largest absolute Gasteiger partial charge is 0.494 e. The van der Waals surface area contributed by atoms with Crippen molar-refractivity contribution in [2.24, 2.45) is 7.05 Å². The van der Waals surface area contributed by atoms with E-state index in [1.807, 2.05) is 56.3 Å². The summed E-state index contributed by atoms with van der Waals surface area (Å²) in [6.45, 7) is 4.94. The molecule has 9 heteroatoms. The molecule has 0 fully saturated rings. The first-order valence-corrected chi connectivity index (χ1v) is 10.3. The zero-order valence-electron chi connectivity index (χ0n) is 18.0. The predicted octanol–water partition coefficient (Wildman–Crippen LogP) is 2.49. The Morgan fingerprint density at radius 3 is 2.56 bits per heavy atom. The Balaban J connectivity index is 1.80. The van der Waals surface area contributed by atoms with Crippen LogP contribution in [0.5, 0.6) is 5.75 Å². The van der Waals surface area contributed by atoms with Gasteiger partial charge in [-0.25, -0.2) is 9.20 Å². The van der Waals surface area contributed by atoms with Crippen molar-refractivity contribution in [1.82, 2.24) is 28.7 Å². The summed E-state index contributed by atoms with van der Waals surface area (Å²) < 4.78 is 10.5. The van der Waals surface area contributed by atoms with Crippen LogP contribution in [0.4, 0.5) is 0 Å².